The summed E-state index contributed by atoms with van der Waals surface area (Å²) in [7, 11) is 0. The Labute approximate surface area is 139 Å². The van der Waals surface area contributed by atoms with Crippen molar-refractivity contribution < 1.29 is 48.1 Å². The van der Waals surface area contributed by atoms with Crippen molar-refractivity contribution in [2.45, 2.75) is 38.9 Å². The summed E-state index contributed by atoms with van der Waals surface area (Å²) in [6.07, 6.45) is 0. The van der Waals surface area contributed by atoms with Crippen LogP contribution in [0.25, 0.3) is 0 Å². The molecular weight excluding hydrogens is 275 g/mol. The average molecular weight is 291 g/mol. The zero-order valence-electron chi connectivity index (χ0n) is 12.3. The number of nitrogens with zero attached hydrogens (tertiary/aromatic N) is 1. The van der Waals surface area contributed by atoms with Gasteiger partial charge in [-0.3, -0.25) is 10.1 Å². The minimum absolute atomic E-state index is 0. The minimum Gasteiger partial charge on any atom is -0.531 e. The first-order valence-electron chi connectivity index (χ1n) is 6.05. The topological polar surface area (TPSA) is 61.6 Å². The Morgan fingerprint density at radius 3 is 2.15 bits per heavy atom. The van der Waals surface area contributed by atoms with E-state index >= 15 is 0 Å². The number of hydrogen-bond acceptors (Lipinski definition) is 4. The molecule has 0 aromatic heterocycles. The van der Waals surface area contributed by atoms with Gasteiger partial charge in [0, 0.05) is 17.3 Å². The van der Waals surface area contributed by atoms with Gasteiger partial charge in [-0.2, -0.15) is 0 Å². The maximum atomic E-state index is 14.9. The second-order valence-corrected chi connectivity index (χ2v) is 5.73. The molecule has 1 aromatic carbocycles. The van der Waals surface area contributed by atoms with Gasteiger partial charge in [-0.05, 0) is 33.8 Å². The normalized spacial score (nSPS) is 22.1. The van der Waals surface area contributed by atoms with E-state index in [-0.39, 0.29) is 40.7 Å². The second kappa shape index (κ2) is 5.38. The van der Waals surface area contributed by atoms with Crippen LogP contribution in [0.5, 0.6) is 0 Å². The van der Waals surface area contributed by atoms with Gasteiger partial charge >= 0.3 is 36.4 Å². The van der Waals surface area contributed by atoms with E-state index in [1.165, 1.54) is 18.2 Å². The predicted molar refractivity (Wildman–Crippen MR) is 69.9 cm³/mol. The molecule has 0 radical (unpaired) electrons. The van der Waals surface area contributed by atoms with Crippen molar-refractivity contribution in [1.82, 2.24) is 0 Å². The summed E-state index contributed by atoms with van der Waals surface area (Å²) >= 11 is 0. The van der Waals surface area contributed by atoms with Gasteiger partial charge in [0.2, 0.25) is 0 Å². The SMILES string of the molecule is CC1(C)O[B-](F)(c2cccc([N+](=O)[O-])c2)OC1(C)C.[Na+]. The van der Waals surface area contributed by atoms with Crippen molar-refractivity contribution in [2.24, 2.45) is 0 Å². The van der Waals surface area contributed by atoms with Gasteiger partial charge in [0.15, 0.2) is 0 Å². The molecule has 20 heavy (non-hydrogen) atoms. The van der Waals surface area contributed by atoms with Crippen molar-refractivity contribution in [3.8, 4) is 0 Å². The van der Waals surface area contributed by atoms with Gasteiger partial charge < -0.3 is 13.6 Å². The van der Waals surface area contributed by atoms with Crippen molar-refractivity contribution >= 4 is 18.0 Å². The van der Waals surface area contributed by atoms with Gasteiger partial charge in [0.1, 0.15) is 0 Å². The van der Waals surface area contributed by atoms with Crippen LogP contribution in [0.2, 0.25) is 0 Å². The number of benzene rings is 1. The molecule has 2 rings (SSSR count). The second-order valence-electron chi connectivity index (χ2n) is 5.73. The predicted octanol–water partition coefficient (Wildman–Crippen LogP) is -0.682. The molecule has 0 atom stereocenters. The van der Waals surface area contributed by atoms with Gasteiger partial charge in [-0.25, -0.2) is 0 Å². The van der Waals surface area contributed by atoms with Crippen LogP contribution in [0.3, 0.4) is 0 Å². The van der Waals surface area contributed by atoms with Crippen LogP contribution < -0.4 is 35.0 Å². The van der Waals surface area contributed by atoms with E-state index in [0.717, 1.165) is 6.07 Å². The first kappa shape index (κ1) is 17.6. The standard InChI is InChI=1S/C12H16BFNO4.Na/c1-11(2)12(3,4)19-13(14,18-11)9-6-5-7-10(8-9)15(16)17;/h5-8H,1-4H3;/q-1;+1. The quantitative estimate of drug-likeness (QED) is 0.411. The van der Waals surface area contributed by atoms with Gasteiger partial charge in [0.05, 0.1) is 4.92 Å². The zero-order chi connectivity index (χ0) is 14.5. The largest absolute Gasteiger partial charge is 1.00 e. The van der Waals surface area contributed by atoms with E-state index in [1.807, 2.05) is 0 Å². The number of hydrogen-bond donors (Lipinski definition) is 0. The fraction of sp³-hybridized carbons (Fsp3) is 0.500. The fourth-order valence-corrected chi connectivity index (χ4v) is 2.05. The van der Waals surface area contributed by atoms with E-state index in [0.29, 0.717) is 0 Å². The smallest absolute Gasteiger partial charge is 0.531 e. The van der Waals surface area contributed by atoms with E-state index in [2.05, 4.69) is 0 Å². The Balaban J connectivity index is 0.00000200. The summed E-state index contributed by atoms with van der Waals surface area (Å²) in [5.41, 5.74) is -1.79. The molecule has 1 aromatic rings. The van der Waals surface area contributed by atoms with Crippen LogP contribution in [-0.4, -0.2) is 23.0 Å². The number of nitro benzene ring substituents is 1. The van der Waals surface area contributed by atoms with Crippen LogP contribution in [0.4, 0.5) is 10.0 Å². The number of rotatable bonds is 2. The van der Waals surface area contributed by atoms with Crippen LogP contribution >= 0.6 is 0 Å². The summed E-state index contributed by atoms with van der Waals surface area (Å²) in [6.45, 7) is 3.71. The first-order chi connectivity index (χ1) is 8.57. The summed E-state index contributed by atoms with van der Waals surface area (Å²) in [4.78, 5) is 10.2. The number of nitro groups is 1. The molecule has 104 valence electrons. The molecule has 1 aliphatic heterocycles. The van der Waals surface area contributed by atoms with Crippen LogP contribution in [-0.2, 0) is 9.31 Å². The third kappa shape index (κ3) is 2.92. The molecule has 0 aliphatic carbocycles. The maximum Gasteiger partial charge on any atom is 1.00 e. The van der Waals surface area contributed by atoms with Crippen LogP contribution in [0.15, 0.2) is 24.3 Å². The summed E-state index contributed by atoms with van der Waals surface area (Å²) in [5, 5.41) is 10.7. The molecule has 0 bridgehead atoms. The van der Waals surface area contributed by atoms with Crippen molar-refractivity contribution in [1.29, 1.82) is 0 Å². The zero-order valence-corrected chi connectivity index (χ0v) is 14.3. The monoisotopic (exact) mass is 291 g/mol. The Hall–Kier alpha value is -0.465. The molecule has 8 heteroatoms. The Bertz CT molecular complexity index is 522. The third-order valence-electron chi connectivity index (χ3n) is 3.82. The fourth-order valence-electron chi connectivity index (χ4n) is 2.05. The van der Waals surface area contributed by atoms with Gasteiger partial charge in [0.25, 0.3) is 5.69 Å². The maximum absolute atomic E-state index is 14.9. The van der Waals surface area contributed by atoms with Gasteiger partial charge in [-0.15, -0.1) is 5.46 Å². The molecule has 0 unspecified atom stereocenters. The number of non-ortho nitro benzene ring substituents is 1. The summed E-state index contributed by atoms with van der Waals surface area (Å²) in [6, 6.07) is 5.30. The Morgan fingerprint density at radius 1 is 1.20 bits per heavy atom. The molecule has 5 nitrogen and oxygen atoms in total. The average Bonchev–Trinajstić information content (AvgIpc) is 2.44. The molecule has 1 saturated heterocycles. The first-order valence-corrected chi connectivity index (χ1v) is 6.05. The van der Waals surface area contributed by atoms with E-state index in [9.17, 15) is 14.4 Å². The van der Waals surface area contributed by atoms with Crippen LogP contribution in [0.1, 0.15) is 27.7 Å². The molecule has 0 spiro atoms. The van der Waals surface area contributed by atoms with E-state index in [4.69, 9.17) is 9.31 Å². The molecule has 0 N–H and O–H groups in total. The Morgan fingerprint density at radius 2 is 1.70 bits per heavy atom. The molecule has 0 saturated carbocycles. The van der Waals surface area contributed by atoms with Crippen molar-refractivity contribution in [3.05, 3.63) is 34.4 Å². The summed E-state index contributed by atoms with van der Waals surface area (Å²) < 4.78 is 25.7. The van der Waals surface area contributed by atoms with E-state index < -0.39 is 23.0 Å². The molecule has 1 fully saturated rings. The molecular formula is C12H16BFNNaO4. The molecule has 1 aliphatic rings. The molecule has 1 heterocycles. The minimum atomic E-state index is -3.21. The molecule has 0 amide bonds. The summed E-state index contributed by atoms with van der Waals surface area (Å²) in [5.74, 6) is 0. The van der Waals surface area contributed by atoms with E-state index in [1.54, 1.807) is 27.7 Å². The third-order valence-corrected chi connectivity index (χ3v) is 3.82. The number of halogens is 1. The van der Waals surface area contributed by atoms with Crippen molar-refractivity contribution in [3.63, 3.8) is 0 Å². The van der Waals surface area contributed by atoms with Crippen molar-refractivity contribution in [2.75, 3.05) is 0 Å². The van der Waals surface area contributed by atoms with Gasteiger partial charge in [-0.1, -0.05) is 12.1 Å². The Kier molecular flexibility index (Phi) is 4.73. The van der Waals surface area contributed by atoms with Crippen LogP contribution in [0, 0.1) is 10.1 Å².